The summed E-state index contributed by atoms with van der Waals surface area (Å²) in [6.45, 7) is 3.73. The molecule has 0 unspecified atom stereocenters. The molecule has 0 spiro atoms. The SMILES string of the molecule is C=CCCCCCC1=CC=CC=CC1. The van der Waals surface area contributed by atoms with Crippen molar-refractivity contribution in [1.82, 2.24) is 0 Å². The summed E-state index contributed by atoms with van der Waals surface area (Å²) in [5, 5.41) is 0. The van der Waals surface area contributed by atoms with Gasteiger partial charge in [-0.3, -0.25) is 0 Å². The number of rotatable bonds is 6. The molecule has 0 saturated heterocycles. The summed E-state index contributed by atoms with van der Waals surface area (Å²) in [6.07, 6.45) is 20.4. The van der Waals surface area contributed by atoms with Crippen molar-refractivity contribution in [3.05, 3.63) is 48.6 Å². The maximum Gasteiger partial charge on any atom is -0.0133 e. The molecule has 1 aliphatic rings. The van der Waals surface area contributed by atoms with Gasteiger partial charge in [-0.2, -0.15) is 0 Å². The van der Waals surface area contributed by atoms with Crippen LogP contribution in [0.4, 0.5) is 0 Å². The molecule has 0 bridgehead atoms. The van der Waals surface area contributed by atoms with Gasteiger partial charge in [0.15, 0.2) is 0 Å². The summed E-state index contributed by atoms with van der Waals surface area (Å²) in [5.74, 6) is 0. The van der Waals surface area contributed by atoms with Gasteiger partial charge >= 0.3 is 0 Å². The summed E-state index contributed by atoms with van der Waals surface area (Å²) in [7, 11) is 0. The normalized spacial score (nSPS) is 15.0. The molecular formula is C14H20. The standard InChI is InChI=1S/C14H20/c1-2-3-4-5-8-11-14-12-9-6-7-10-13-14/h2,6-7,9-10,12H,1,3-5,8,11,13H2. The van der Waals surface area contributed by atoms with Crippen LogP contribution in [0.1, 0.15) is 38.5 Å². The molecule has 76 valence electrons. The maximum absolute atomic E-state index is 3.73. The third-order valence-electron chi connectivity index (χ3n) is 2.48. The summed E-state index contributed by atoms with van der Waals surface area (Å²) < 4.78 is 0. The first-order valence-corrected chi connectivity index (χ1v) is 5.55. The second-order valence-corrected chi connectivity index (χ2v) is 3.73. The van der Waals surface area contributed by atoms with Gasteiger partial charge in [-0.1, -0.05) is 48.5 Å². The molecule has 0 aliphatic heterocycles. The zero-order valence-electron chi connectivity index (χ0n) is 8.91. The molecule has 0 atom stereocenters. The van der Waals surface area contributed by atoms with Crippen LogP contribution < -0.4 is 0 Å². The zero-order valence-corrected chi connectivity index (χ0v) is 8.91. The molecule has 0 aromatic heterocycles. The Morgan fingerprint density at radius 2 is 2.07 bits per heavy atom. The molecule has 0 fully saturated rings. The van der Waals surface area contributed by atoms with E-state index in [0.29, 0.717) is 0 Å². The fourth-order valence-corrected chi connectivity index (χ4v) is 1.62. The van der Waals surface area contributed by atoms with Crippen LogP contribution in [0.25, 0.3) is 0 Å². The van der Waals surface area contributed by atoms with Crippen LogP contribution in [-0.4, -0.2) is 0 Å². The average molecular weight is 188 g/mol. The smallest absolute Gasteiger partial charge is 0.0133 e. The summed E-state index contributed by atoms with van der Waals surface area (Å²) in [5.41, 5.74) is 1.56. The van der Waals surface area contributed by atoms with Crippen molar-refractivity contribution in [1.29, 1.82) is 0 Å². The van der Waals surface area contributed by atoms with E-state index in [1.54, 1.807) is 5.57 Å². The van der Waals surface area contributed by atoms with Crippen LogP contribution in [0.15, 0.2) is 48.6 Å². The molecule has 0 nitrogen and oxygen atoms in total. The molecule has 0 radical (unpaired) electrons. The van der Waals surface area contributed by atoms with Gasteiger partial charge in [-0.25, -0.2) is 0 Å². The van der Waals surface area contributed by atoms with E-state index in [2.05, 4.69) is 37.0 Å². The van der Waals surface area contributed by atoms with E-state index >= 15 is 0 Å². The van der Waals surface area contributed by atoms with Gasteiger partial charge in [0, 0.05) is 0 Å². The van der Waals surface area contributed by atoms with Gasteiger partial charge in [0.05, 0.1) is 0 Å². The maximum atomic E-state index is 3.73. The Labute approximate surface area is 87.7 Å². The first kappa shape index (κ1) is 11.0. The summed E-state index contributed by atoms with van der Waals surface area (Å²) in [4.78, 5) is 0. The third-order valence-corrected chi connectivity index (χ3v) is 2.48. The second-order valence-electron chi connectivity index (χ2n) is 3.73. The van der Waals surface area contributed by atoms with Gasteiger partial charge in [0.1, 0.15) is 0 Å². The quantitative estimate of drug-likeness (QED) is 0.423. The molecule has 0 heteroatoms. The van der Waals surface area contributed by atoms with Gasteiger partial charge < -0.3 is 0 Å². The van der Waals surface area contributed by atoms with Crippen molar-refractivity contribution >= 4 is 0 Å². The van der Waals surface area contributed by atoms with Crippen molar-refractivity contribution in [2.45, 2.75) is 38.5 Å². The molecule has 0 heterocycles. The van der Waals surface area contributed by atoms with E-state index in [4.69, 9.17) is 0 Å². The molecule has 0 N–H and O–H groups in total. The third kappa shape index (κ3) is 4.86. The minimum absolute atomic E-state index is 1.13. The first-order valence-electron chi connectivity index (χ1n) is 5.55. The molecule has 1 rings (SSSR count). The summed E-state index contributed by atoms with van der Waals surface area (Å²) in [6, 6.07) is 0. The van der Waals surface area contributed by atoms with Crippen LogP contribution >= 0.6 is 0 Å². The summed E-state index contributed by atoms with van der Waals surface area (Å²) >= 11 is 0. The van der Waals surface area contributed by atoms with Crippen LogP contribution in [0.5, 0.6) is 0 Å². The zero-order chi connectivity index (χ0) is 10.1. The first-order chi connectivity index (χ1) is 6.93. The van der Waals surface area contributed by atoms with Gasteiger partial charge in [0.2, 0.25) is 0 Å². The second kappa shape index (κ2) is 7.37. The lowest BCUT2D eigenvalue weighted by atomic mass is 10.0. The van der Waals surface area contributed by atoms with Crippen LogP contribution in [0.3, 0.4) is 0 Å². The van der Waals surface area contributed by atoms with Crippen molar-refractivity contribution in [2.24, 2.45) is 0 Å². The molecule has 14 heavy (non-hydrogen) atoms. The lowest BCUT2D eigenvalue weighted by Crippen LogP contribution is -1.83. The predicted octanol–water partition coefficient (Wildman–Crippen LogP) is 4.57. The molecule has 0 aromatic carbocycles. The number of unbranched alkanes of at least 4 members (excludes halogenated alkanes) is 3. The van der Waals surface area contributed by atoms with Crippen molar-refractivity contribution in [2.75, 3.05) is 0 Å². The molecular weight excluding hydrogens is 168 g/mol. The Morgan fingerprint density at radius 1 is 1.14 bits per heavy atom. The minimum atomic E-state index is 1.13. The van der Waals surface area contributed by atoms with Crippen LogP contribution in [-0.2, 0) is 0 Å². The Hall–Kier alpha value is -1.04. The average Bonchev–Trinajstić information content (AvgIpc) is 2.46. The lowest BCUT2D eigenvalue weighted by Gasteiger charge is -2.02. The fraction of sp³-hybridized carbons (Fsp3) is 0.429. The van der Waals surface area contributed by atoms with E-state index in [1.807, 2.05) is 6.08 Å². The predicted molar refractivity (Wildman–Crippen MR) is 64.3 cm³/mol. The van der Waals surface area contributed by atoms with E-state index in [1.165, 1.54) is 32.1 Å². The number of hydrogen-bond acceptors (Lipinski definition) is 0. The van der Waals surface area contributed by atoms with Crippen LogP contribution in [0, 0.1) is 0 Å². The highest BCUT2D eigenvalue weighted by Gasteiger charge is 1.96. The Bertz CT molecular complexity index is 241. The fourth-order valence-electron chi connectivity index (χ4n) is 1.62. The lowest BCUT2D eigenvalue weighted by molar-refractivity contribution is 0.679. The van der Waals surface area contributed by atoms with Crippen molar-refractivity contribution in [3.8, 4) is 0 Å². The Kier molecular flexibility index (Phi) is 5.81. The highest BCUT2D eigenvalue weighted by atomic mass is 14.0. The molecule has 1 aliphatic carbocycles. The number of hydrogen-bond donors (Lipinski definition) is 0. The van der Waals surface area contributed by atoms with E-state index < -0.39 is 0 Å². The van der Waals surface area contributed by atoms with E-state index in [-0.39, 0.29) is 0 Å². The minimum Gasteiger partial charge on any atom is -0.103 e. The highest BCUT2D eigenvalue weighted by Crippen LogP contribution is 2.15. The largest absolute Gasteiger partial charge is 0.103 e. The van der Waals surface area contributed by atoms with Crippen molar-refractivity contribution < 1.29 is 0 Å². The monoisotopic (exact) mass is 188 g/mol. The Morgan fingerprint density at radius 3 is 2.93 bits per heavy atom. The van der Waals surface area contributed by atoms with Crippen molar-refractivity contribution in [3.63, 3.8) is 0 Å². The Balaban J connectivity index is 2.11. The van der Waals surface area contributed by atoms with E-state index in [0.717, 1.165) is 6.42 Å². The van der Waals surface area contributed by atoms with Gasteiger partial charge in [-0.05, 0) is 32.1 Å². The number of allylic oxidation sites excluding steroid dienone is 7. The van der Waals surface area contributed by atoms with Gasteiger partial charge in [-0.15, -0.1) is 6.58 Å². The molecule has 0 saturated carbocycles. The highest BCUT2D eigenvalue weighted by molar-refractivity contribution is 5.23. The topological polar surface area (TPSA) is 0 Å². The van der Waals surface area contributed by atoms with Gasteiger partial charge in [0.25, 0.3) is 0 Å². The molecule has 0 amide bonds. The molecule has 0 aromatic rings. The van der Waals surface area contributed by atoms with Crippen LogP contribution in [0.2, 0.25) is 0 Å². The van der Waals surface area contributed by atoms with E-state index in [9.17, 15) is 0 Å².